The molecule has 2 aliphatic rings. The van der Waals surface area contributed by atoms with Crippen LogP contribution < -0.4 is 5.32 Å². The predicted molar refractivity (Wildman–Crippen MR) is 133 cm³/mol. The van der Waals surface area contributed by atoms with Crippen molar-refractivity contribution in [2.75, 3.05) is 26.7 Å². The van der Waals surface area contributed by atoms with Gasteiger partial charge in [0.2, 0.25) is 0 Å². The standard InChI is InChI=1S/C28H45FN2O2/c1-5-20(3)17-21(6-2)19-31-15-13-22(14-16-31)27(23-9-7-10-24(29)18-23)25-11-8-12-26(25)33-28(32)30-4/h7,9-10,18,20-22,25-27H,5-6,8,11-17,19H2,1-4H3,(H,30,32)/t20?,21?,25-,26?,27?/m0/s1. The highest BCUT2D eigenvalue weighted by Crippen LogP contribution is 2.46. The van der Waals surface area contributed by atoms with Gasteiger partial charge >= 0.3 is 6.09 Å². The third-order valence-electron chi connectivity index (χ3n) is 8.33. The number of likely N-dealkylation sites (tertiary alicyclic amines) is 1. The molecule has 33 heavy (non-hydrogen) atoms. The van der Waals surface area contributed by atoms with Crippen LogP contribution in [0.3, 0.4) is 0 Å². The molecule has 1 aromatic rings. The summed E-state index contributed by atoms with van der Waals surface area (Å²) < 4.78 is 20.0. The Bertz CT molecular complexity index is 734. The second-order valence-corrected chi connectivity index (χ2v) is 10.5. The highest BCUT2D eigenvalue weighted by atomic mass is 19.1. The van der Waals surface area contributed by atoms with Gasteiger partial charge in [0.05, 0.1) is 0 Å². The SMILES string of the molecule is CCC(C)CC(CC)CN1CCC(C(c2cccc(F)c2)[C@H]2CCCC2OC(=O)NC)CC1. The Hall–Kier alpha value is -1.62. The Morgan fingerprint density at radius 3 is 2.58 bits per heavy atom. The van der Waals surface area contributed by atoms with Crippen molar-refractivity contribution in [2.24, 2.45) is 23.7 Å². The first-order chi connectivity index (χ1) is 15.9. The highest BCUT2D eigenvalue weighted by molar-refractivity contribution is 5.66. The van der Waals surface area contributed by atoms with Crippen LogP contribution in [0.15, 0.2) is 24.3 Å². The van der Waals surface area contributed by atoms with Crippen molar-refractivity contribution in [2.45, 2.75) is 84.2 Å². The summed E-state index contributed by atoms with van der Waals surface area (Å²) in [6.07, 6.45) is 8.64. The second kappa shape index (κ2) is 12.7. The maximum atomic E-state index is 14.2. The highest BCUT2D eigenvalue weighted by Gasteiger charge is 2.41. The number of hydrogen-bond acceptors (Lipinski definition) is 3. The Balaban J connectivity index is 1.70. The molecule has 0 spiro atoms. The molecule has 1 aliphatic carbocycles. The van der Waals surface area contributed by atoms with Gasteiger partial charge in [-0.3, -0.25) is 0 Å². The smallest absolute Gasteiger partial charge is 0.407 e. The number of alkyl carbamates (subject to hydrolysis) is 1. The average molecular weight is 461 g/mol. The lowest BCUT2D eigenvalue weighted by molar-refractivity contribution is 0.0506. The Kier molecular flexibility index (Phi) is 10.0. The lowest BCUT2D eigenvalue weighted by Crippen LogP contribution is -2.41. The molecule has 5 heteroatoms. The number of nitrogens with one attached hydrogen (secondary N) is 1. The number of nitrogens with zero attached hydrogens (tertiary/aromatic N) is 1. The van der Waals surface area contributed by atoms with Gasteiger partial charge in [-0.2, -0.15) is 0 Å². The summed E-state index contributed by atoms with van der Waals surface area (Å²) in [5.41, 5.74) is 1.08. The van der Waals surface area contributed by atoms with Crippen LogP contribution in [-0.4, -0.2) is 43.8 Å². The minimum atomic E-state index is -0.355. The number of carbonyl (C=O) groups excluding carboxylic acids is 1. The van der Waals surface area contributed by atoms with Crippen molar-refractivity contribution in [3.8, 4) is 0 Å². The maximum Gasteiger partial charge on any atom is 0.407 e. The maximum absolute atomic E-state index is 14.2. The first kappa shape index (κ1) is 26.0. The third-order valence-corrected chi connectivity index (χ3v) is 8.33. The van der Waals surface area contributed by atoms with Crippen LogP contribution >= 0.6 is 0 Å². The van der Waals surface area contributed by atoms with E-state index in [4.69, 9.17) is 4.74 Å². The van der Waals surface area contributed by atoms with E-state index in [9.17, 15) is 9.18 Å². The van der Waals surface area contributed by atoms with Gasteiger partial charge in [0.1, 0.15) is 11.9 Å². The van der Waals surface area contributed by atoms with Gasteiger partial charge < -0.3 is 15.0 Å². The molecule has 4 unspecified atom stereocenters. The minimum absolute atomic E-state index is 0.0868. The molecule has 5 atom stereocenters. The number of hydrogen-bond donors (Lipinski definition) is 1. The number of rotatable bonds is 10. The van der Waals surface area contributed by atoms with Crippen molar-refractivity contribution < 1.29 is 13.9 Å². The summed E-state index contributed by atoms with van der Waals surface area (Å²) in [6.45, 7) is 10.4. The lowest BCUT2D eigenvalue weighted by Gasteiger charge is -2.41. The number of ether oxygens (including phenoxy) is 1. The van der Waals surface area contributed by atoms with Crippen molar-refractivity contribution in [3.05, 3.63) is 35.6 Å². The Labute approximate surface area is 200 Å². The van der Waals surface area contributed by atoms with E-state index in [2.05, 4.69) is 37.1 Å². The number of carbonyl (C=O) groups is 1. The molecule has 0 bridgehead atoms. The van der Waals surface area contributed by atoms with Gasteiger partial charge in [0.25, 0.3) is 0 Å². The van der Waals surface area contributed by atoms with Crippen molar-refractivity contribution >= 4 is 6.09 Å². The molecule has 1 amide bonds. The van der Waals surface area contributed by atoms with Crippen LogP contribution in [0.1, 0.15) is 83.6 Å². The van der Waals surface area contributed by atoms with Gasteiger partial charge in [0.15, 0.2) is 0 Å². The van der Waals surface area contributed by atoms with E-state index in [1.165, 1.54) is 31.9 Å². The molecule has 1 heterocycles. The quantitative estimate of drug-likeness (QED) is 0.427. The number of piperidine rings is 1. The van der Waals surface area contributed by atoms with E-state index >= 15 is 0 Å². The van der Waals surface area contributed by atoms with E-state index in [0.717, 1.165) is 62.6 Å². The number of benzene rings is 1. The fraction of sp³-hybridized carbons (Fsp3) is 0.750. The largest absolute Gasteiger partial charge is 0.446 e. The summed E-state index contributed by atoms with van der Waals surface area (Å²) in [7, 11) is 1.61. The average Bonchev–Trinajstić information content (AvgIpc) is 3.27. The van der Waals surface area contributed by atoms with Crippen LogP contribution in [0, 0.1) is 29.5 Å². The number of halogens is 1. The van der Waals surface area contributed by atoms with Crippen LogP contribution in [0.4, 0.5) is 9.18 Å². The van der Waals surface area contributed by atoms with Crippen LogP contribution in [0.25, 0.3) is 0 Å². The Morgan fingerprint density at radius 1 is 1.18 bits per heavy atom. The van der Waals surface area contributed by atoms with Crippen LogP contribution in [0.5, 0.6) is 0 Å². The topological polar surface area (TPSA) is 41.6 Å². The lowest BCUT2D eigenvalue weighted by atomic mass is 9.71. The monoisotopic (exact) mass is 460 g/mol. The summed E-state index contributed by atoms with van der Waals surface area (Å²) >= 11 is 0. The molecule has 1 aliphatic heterocycles. The van der Waals surface area contributed by atoms with E-state index in [0.29, 0.717) is 5.92 Å². The summed E-state index contributed by atoms with van der Waals surface area (Å²) in [6, 6.07) is 7.15. The molecule has 0 radical (unpaired) electrons. The third kappa shape index (κ3) is 7.18. The zero-order valence-electron chi connectivity index (χ0n) is 21.2. The zero-order chi connectivity index (χ0) is 23.8. The first-order valence-electron chi connectivity index (χ1n) is 13.3. The van der Waals surface area contributed by atoms with Gasteiger partial charge in [0, 0.05) is 19.5 Å². The van der Waals surface area contributed by atoms with Gasteiger partial charge in [-0.15, -0.1) is 0 Å². The predicted octanol–water partition coefficient (Wildman–Crippen LogP) is 6.61. The zero-order valence-corrected chi connectivity index (χ0v) is 21.2. The summed E-state index contributed by atoms with van der Waals surface area (Å²) in [5, 5.41) is 2.60. The molecular weight excluding hydrogens is 415 g/mol. The first-order valence-corrected chi connectivity index (χ1v) is 13.3. The van der Waals surface area contributed by atoms with Crippen LogP contribution in [-0.2, 0) is 4.74 Å². The molecule has 3 rings (SSSR count). The molecule has 1 aromatic carbocycles. The van der Waals surface area contributed by atoms with Crippen LogP contribution in [0.2, 0.25) is 0 Å². The molecule has 1 saturated heterocycles. The van der Waals surface area contributed by atoms with E-state index in [-0.39, 0.29) is 29.9 Å². The Morgan fingerprint density at radius 2 is 1.94 bits per heavy atom. The van der Waals surface area contributed by atoms with Crippen molar-refractivity contribution in [1.29, 1.82) is 0 Å². The number of amides is 1. The van der Waals surface area contributed by atoms with E-state index in [1.807, 2.05) is 6.07 Å². The molecule has 2 fully saturated rings. The molecule has 0 aromatic heterocycles. The molecule has 4 nitrogen and oxygen atoms in total. The van der Waals surface area contributed by atoms with E-state index in [1.54, 1.807) is 13.1 Å². The normalized spacial score (nSPS) is 24.9. The van der Waals surface area contributed by atoms with Gasteiger partial charge in [-0.1, -0.05) is 45.7 Å². The molecule has 186 valence electrons. The fourth-order valence-electron chi connectivity index (χ4n) is 6.26. The van der Waals surface area contributed by atoms with Gasteiger partial charge in [-0.25, -0.2) is 9.18 Å². The van der Waals surface area contributed by atoms with Gasteiger partial charge in [-0.05, 0) is 93.0 Å². The fourth-order valence-corrected chi connectivity index (χ4v) is 6.26. The molecule has 1 saturated carbocycles. The summed E-state index contributed by atoms with van der Waals surface area (Å²) in [4.78, 5) is 14.6. The van der Waals surface area contributed by atoms with Crippen molar-refractivity contribution in [1.82, 2.24) is 10.2 Å². The summed E-state index contributed by atoms with van der Waals surface area (Å²) in [5.74, 6) is 2.39. The second-order valence-electron chi connectivity index (χ2n) is 10.5. The van der Waals surface area contributed by atoms with Crippen molar-refractivity contribution in [3.63, 3.8) is 0 Å². The van der Waals surface area contributed by atoms with E-state index < -0.39 is 0 Å². The molecule has 1 N–H and O–H groups in total. The minimum Gasteiger partial charge on any atom is -0.446 e. The molecular formula is C28H45FN2O2.